The van der Waals surface area contributed by atoms with E-state index in [0.717, 1.165) is 12.8 Å². The molecule has 4 nitrogen and oxygen atoms in total. The number of hydrogen-bond acceptors (Lipinski definition) is 3. The van der Waals surface area contributed by atoms with Gasteiger partial charge in [-0.25, -0.2) is 4.79 Å². The van der Waals surface area contributed by atoms with Crippen LogP contribution in [0.15, 0.2) is 0 Å². The molecule has 1 rings (SSSR count). The summed E-state index contributed by atoms with van der Waals surface area (Å²) in [7, 11) is 0. The van der Waals surface area contributed by atoms with Crippen molar-refractivity contribution >= 4 is 23.6 Å². The Morgan fingerprint density at radius 2 is 1.93 bits per heavy atom. The van der Waals surface area contributed by atoms with E-state index in [-0.39, 0.29) is 11.2 Å². The summed E-state index contributed by atoms with van der Waals surface area (Å²) in [6, 6.07) is 0. The zero-order valence-electron chi connectivity index (χ0n) is 9.08. The number of thioether (sulfide) groups is 1. The first-order chi connectivity index (χ1) is 7.02. The van der Waals surface area contributed by atoms with E-state index in [1.54, 1.807) is 6.92 Å². The summed E-state index contributed by atoms with van der Waals surface area (Å²) >= 11 is 1.42. The number of carboxylic acids is 1. The molecule has 5 heteroatoms. The van der Waals surface area contributed by atoms with Crippen molar-refractivity contribution in [2.45, 2.75) is 43.4 Å². The number of hydrogen-bond donors (Lipinski definition) is 2. The highest BCUT2D eigenvalue weighted by Crippen LogP contribution is 2.30. The molecule has 1 fully saturated rings. The Morgan fingerprint density at radius 1 is 1.40 bits per heavy atom. The zero-order valence-corrected chi connectivity index (χ0v) is 9.89. The van der Waals surface area contributed by atoms with E-state index in [1.807, 2.05) is 6.26 Å². The lowest BCUT2D eigenvalue weighted by Crippen LogP contribution is -2.54. The van der Waals surface area contributed by atoms with Gasteiger partial charge in [0, 0.05) is 0 Å². The molecule has 15 heavy (non-hydrogen) atoms. The van der Waals surface area contributed by atoms with Gasteiger partial charge in [0.2, 0.25) is 5.91 Å². The Kier molecular flexibility index (Phi) is 4.02. The van der Waals surface area contributed by atoms with Crippen LogP contribution in [0.4, 0.5) is 0 Å². The van der Waals surface area contributed by atoms with E-state index in [9.17, 15) is 9.59 Å². The smallest absolute Gasteiger partial charge is 0.329 e. The molecule has 1 unspecified atom stereocenters. The van der Waals surface area contributed by atoms with E-state index < -0.39 is 11.5 Å². The second kappa shape index (κ2) is 4.88. The number of carbonyl (C=O) groups is 2. The van der Waals surface area contributed by atoms with Crippen LogP contribution in [-0.4, -0.2) is 34.0 Å². The maximum atomic E-state index is 11.6. The molecule has 0 radical (unpaired) electrons. The average Bonchev–Trinajstić information content (AvgIpc) is 2.66. The van der Waals surface area contributed by atoms with Crippen molar-refractivity contribution in [1.29, 1.82) is 0 Å². The van der Waals surface area contributed by atoms with E-state index in [0.29, 0.717) is 12.8 Å². The van der Waals surface area contributed by atoms with Gasteiger partial charge in [0.15, 0.2) is 0 Å². The SMILES string of the molecule is CSC(C)C(=O)NC1(C(=O)O)CCCC1. The third-order valence-electron chi connectivity index (χ3n) is 2.95. The molecular formula is C10H17NO3S. The van der Waals surface area contributed by atoms with Gasteiger partial charge in [-0.2, -0.15) is 11.8 Å². The third-order valence-corrected chi connectivity index (χ3v) is 3.87. The van der Waals surface area contributed by atoms with Gasteiger partial charge in [0.1, 0.15) is 5.54 Å². The molecule has 0 heterocycles. The summed E-state index contributed by atoms with van der Waals surface area (Å²) in [5.41, 5.74) is -0.999. The molecule has 0 bridgehead atoms. The molecule has 1 amide bonds. The molecule has 0 spiro atoms. The fourth-order valence-electron chi connectivity index (χ4n) is 1.82. The van der Waals surface area contributed by atoms with Gasteiger partial charge in [0.25, 0.3) is 0 Å². The van der Waals surface area contributed by atoms with Gasteiger partial charge in [-0.05, 0) is 26.0 Å². The normalized spacial score (nSPS) is 20.9. The molecule has 86 valence electrons. The van der Waals surface area contributed by atoms with Crippen molar-refractivity contribution in [2.24, 2.45) is 0 Å². The number of carboxylic acid groups (broad SMARTS) is 1. The van der Waals surface area contributed by atoms with E-state index in [2.05, 4.69) is 5.32 Å². The molecule has 2 N–H and O–H groups in total. The second-order valence-corrected chi connectivity index (χ2v) is 5.14. The van der Waals surface area contributed by atoms with Crippen LogP contribution in [0.2, 0.25) is 0 Å². The molecule has 1 saturated carbocycles. The van der Waals surface area contributed by atoms with Crippen LogP contribution < -0.4 is 5.32 Å². The summed E-state index contributed by atoms with van der Waals surface area (Å²) < 4.78 is 0. The van der Waals surface area contributed by atoms with E-state index >= 15 is 0 Å². The van der Waals surface area contributed by atoms with Gasteiger partial charge in [-0.1, -0.05) is 12.8 Å². The highest BCUT2D eigenvalue weighted by atomic mass is 32.2. The standard InChI is InChI=1S/C10H17NO3S/c1-7(15-2)8(12)11-10(9(13)14)5-3-4-6-10/h7H,3-6H2,1-2H3,(H,11,12)(H,13,14). The highest BCUT2D eigenvalue weighted by Gasteiger charge is 2.43. The van der Waals surface area contributed by atoms with Gasteiger partial charge in [-0.3, -0.25) is 4.79 Å². The minimum atomic E-state index is -0.999. The Balaban J connectivity index is 2.67. The lowest BCUT2D eigenvalue weighted by atomic mass is 9.97. The maximum Gasteiger partial charge on any atom is 0.329 e. The summed E-state index contributed by atoms with van der Waals surface area (Å²) in [6.07, 6.45) is 4.69. The molecule has 0 aromatic rings. The minimum absolute atomic E-state index is 0.174. The Morgan fingerprint density at radius 3 is 2.33 bits per heavy atom. The van der Waals surface area contributed by atoms with Crippen LogP contribution in [0.25, 0.3) is 0 Å². The molecule has 0 aromatic carbocycles. The van der Waals surface area contributed by atoms with E-state index in [1.165, 1.54) is 11.8 Å². The van der Waals surface area contributed by atoms with Crippen molar-refractivity contribution in [3.63, 3.8) is 0 Å². The topological polar surface area (TPSA) is 66.4 Å². The summed E-state index contributed by atoms with van der Waals surface area (Å²) in [5.74, 6) is -1.08. The number of aliphatic carboxylic acids is 1. The molecule has 1 aliphatic rings. The van der Waals surface area contributed by atoms with Crippen LogP contribution >= 0.6 is 11.8 Å². The van der Waals surface area contributed by atoms with Crippen LogP contribution in [0.5, 0.6) is 0 Å². The molecule has 0 saturated heterocycles. The molecule has 1 atom stereocenters. The van der Waals surface area contributed by atoms with Crippen molar-refractivity contribution in [1.82, 2.24) is 5.32 Å². The van der Waals surface area contributed by atoms with Gasteiger partial charge < -0.3 is 10.4 Å². The first-order valence-electron chi connectivity index (χ1n) is 5.10. The minimum Gasteiger partial charge on any atom is -0.480 e. The van der Waals surface area contributed by atoms with Gasteiger partial charge in [0.05, 0.1) is 5.25 Å². The Hall–Kier alpha value is -0.710. The number of nitrogens with one attached hydrogen (secondary N) is 1. The van der Waals surface area contributed by atoms with Crippen molar-refractivity contribution in [3.8, 4) is 0 Å². The van der Waals surface area contributed by atoms with Gasteiger partial charge in [-0.15, -0.1) is 0 Å². The van der Waals surface area contributed by atoms with Gasteiger partial charge >= 0.3 is 5.97 Å². The highest BCUT2D eigenvalue weighted by molar-refractivity contribution is 7.99. The summed E-state index contributed by atoms with van der Waals surface area (Å²) in [4.78, 5) is 22.8. The lowest BCUT2D eigenvalue weighted by molar-refractivity contribution is -0.147. The first-order valence-corrected chi connectivity index (χ1v) is 6.39. The predicted molar refractivity (Wildman–Crippen MR) is 60.0 cm³/mol. The zero-order chi connectivity index (χ0) is 11.5. The summed E-state index contributed by atoms with van der Waals surface area (Å²) in [6.45, 7) is 1.78. The first kappa shape index (κ1) is 12.4. The fourth-order valence-corrected chi connectivity index (χ4v) is 2.09. The monoisotopic (exact) mass is 231 g/mol. The Bertz CT molecular complexity index is 261. The average molecular weight is 231 g/mol. The van der Waals surface area contributed by atoms with E-state index in [4.69, 9.17) is 5.11 Å². The summed E-state index contributed by atoms with van der Waals surface area (Å²) in [5, 5.41) is 11.6. The second-order valence-electron chi connectivity index (χ2n) is 3.96. The maximum absolute atomic E-state index is 11.6. The van der Waals surface area contributed by atoms with Crippen LogP contribution in [0.3, 0.4) is 0 Å². The van der Waals surface area contributed by atoms with Crippen LogP contribution in [0.1, 0.15) is 32.6 Å². The largest absolute Gasteiger partial charge is 0.480 e. The molecule has 1 aliphatic carbocycles. The quantitative estimate of drug-likeness (QED) is 0.764. The van der Waals surface area contributed by atoms with Crippen molar-refractivity contribution < 1.29 is 14.7 Å². The van der Waals surface area contributed by atoms with Crippen LogP contribution in [-0.2, 0) is 9.59 Å². The van der Waals surface area contributed by atoms with Crippen molar-refractivity contribution in [3.05, 3.63) is 0 Å². The number of carbonyl (C=O) groups excluding carboxylic acids is 1. The van der Waals surface area contributed by atoms with Crippen LogP contribution in [0, 0.1) is 0 Å². The number of amides is 1. The fraction of sp³-hybridized carbons (Fsp3) is 0.800. The predicted octanol–water partition coefficient (Wildman–Crippen LogP) is 1.25. The van der Waals surface area contributed by atoms with Crippen molar-refractivity contribution in [2.75, 3.05) is 6.26 Å². The lowest BCUT2D eigenvalue weighted by Gasteiger charge is -2.26. The third kappa shape index (κ3) is 2.65. The Labute approximate surface area is 93.8 Å². The number of rotatable bonds is 4. The molecule has 0 aromatic heterocycles. The molecule has 0 aliphatic heterocycles. The molecular weight excluding hydrogens is 214 g/mol.